The lowest BCUT2D eigenvalue weighted by Crippen LogP contribution is -2.37. The van der Waals surface area contributed by atoms with Gasteiger partial charge in [0.05, 0.1) is 24.9 Å². The van der Waals surface area contributed by atoms with Crippen molar-refractivity contribution in [2.24, 2.45) is 0 Å². The number of pyridine rings is 1. The van der Waals surface area contributed by atoms with Crippen LogP contribution in [0.5, 0.6) is 0 Å². The summed E-state index contributed by atoms with van der Waals surface area (Å²) >= 11 is 0. The van der Waals surface area contributed by atoms with Crippen molar-refractivity contribution < 1.29 is 14.7 Å². The predicted octanol–water partition coefficient (Wildman–Crippen LogP) is 0.450. The SMILES string of the molecule is CN(C)C(=O)NCc1cc(C(=O)N2CCCC2CO)ccn1. The van der Waals surface area contributed by atoms with Gasteiger partial charge in [0, 0.05) is 32.4 Å². The van der Waals surface area contributed by atoms with Gasteiger partial charge in [0.1, 0.15) is 0 Å². The van der Waals surface area contributed by atoms with E-state index >= 15 is 0 Å². The maximum atomic E-state index is 12.5. The number of nitrogens with zero attached hydrogens (tertiary/aromatic N) is 3. The summed E-state index contributed by atoms with van der Waals surface area (Å²) in [5, 5.41) is 12.0. The van der Waals surface area contributed by atoms with E-state index in [0.717, 1.165) is 12.8 Å². The predicted molar refractivity (Wildman–Crippen MR) is 81.3 cm³/mol. The first kappa shape index (κ1) is 16.2. The van der Waals surface area contributed by atoms with Crippen molar-refractivity contribution in [2.45, 2.75) is 25.4 Å². The van der Waals surface area contributed by atoms with Crippen molar-refractivity contribution in [3.63, 3.8) is 0 Å². The highest BCUT2D eigenvalue weighted by Crippen LogP contribution is 2.19. The number of likely N-dealkylation sites (tertiary alicyclic amines) is 1. The highest BCUT2D eigenvalue weighted by atomic mass is 16.3. The monoisotopic (exact) mass is 306 g/mol. The zero-order valence-electron chi connectivity index (χ0n) is 13.0. The number of hydrogen-bond acceptors (Lipinski definition) is 4. The van der Waals surface area contributed by atoms with Crippen molar-refractivity contribution in [3.05, 3.63) is 29.6 Å². The molecule has 2 rings (SSSR count). The van der Waals surface area contributed by atoms with Crippen molar-refractivity contribution >= 4 is 11.9 Å². The highest BCUT2D eigenvalue weighted by Gasteiger charge is 2.28. The minimum Gasteiger partial charge on any atom is -0.394 e. The van der Waals surface area contributed by atoms with Gasteiger partial charge in [0.25, 0.3) is 5.91 Å². The van der Waals surface area contributed by atoms with Gasteiger partial charge in [-0.05, 0) is 25.0 Å². The van der Waals surface area contributed by atoms with E-state index in [2.05, 4.69) is 10.3 Å². The van der Waals surface area contributed by atoms with E-state index in [1.165, 1.54) is 4.90 Å². The minimum absolute atomic E-state index is 0.0113. The van der Waals surface area contributed by atoms with Gasteiger partial charge in [-0.15, -0.1) is 0 Å². The van der Waals surface area contributed by atoms with Crippen LogP contribution >= 0.6 is 0 Å². The number of aromatic nitrogens is 1. The molecule has 7 nitrogen and oxygen atoms in total. The van der Waals surface area contributed by atoms with Gasteiger partial charge in [0.15, 0.2) is 0 Å². The number of rotatable bonds is 4. The normalized spacial score (nSPS) is 17.4. The molecule has 2 N–H and O–H groups in total. The third-order valence-corrected chi connectivity index (χ3v) is 3.74. The Morgan fingerprint density at radius 3 is 2.95 bits per heavy atom. The van der Waals surface area contributed by atoms with Gasteiger partial charge in [0.2, 0.25) is 0 Å². The average molecular weight is 306 g/mol. The molecule has 0 bridgehead atoms. The number of urea groups is 1. The van der Waals surface area contributed by atoms with E-state index in [0.29, 0.717) is 17.8 Å². The highest BCUT2D eigenvalue weighted by molar-refractivity contribution is 5.94. The summed E-state index contributed by atoms with van der Waals surface area (Å²) in [6.07, 6.45) is 3.31. The maximum absolute atomic E-state index is 12.5. The van der Waals surface area contributed by atoms with Gasteiger partial charge in [-0.25, -0.2) is 4.79 Å². The number of carbonyl (C=O) groups excluding carboxylic acids is 2. The van der Waals surface area contributed by atoms with Crippen LogP contribution in [0, 0.1) is 0 Å². The van der Waals surface area contributed by atoms with Crippen LogP contribution in [0.15, 0.2) is 18.3 Å². The smallest absolute Gasteiger partial charge is 0.317 e. The fraction of sp³-hybridized carbons (Fsp3) is 0.533. The van der Waals surface area contributed by atoms with Gasteiger partial charge in [-0.1, -0.05) is 0 Å². The molecule has 1 aromatic rings. The molecule has 0 saturated carbocycles. The van der Waals surface area contributed by atoms with E-state index < -0.39 is 0 Å². The fourth-order valence-electron chi connectivity index (χ4n) is 2.49. The molecular formula is C15H22N4O3. The topological polar surface area (TPSA) is 85.8 Å². The summed E-state index contributed by atoms with van der Waals surface area (Å²) in [7, 11) is 3.32. The Balaban J connectivity index is 2.04. The number of aliphatic hydroxyl groups is 1. The van der Waals surface area contributed by atoms with Crippen LogP contribution in [0.2, 0.25) is 0 Å². The van der Waals surface area contributed by atoms with Crippen LogP contribution in [0.4, 0.5) is 4.79 Å². The van der Waals surface area contributed by atoms with E-state index in [-0.39, 0.29) is 31.1 Å². The maximum Gasteiger partial charge on any atom is 0.317 e. The average Bonchev–Trinajstić information content (AvgIpc) is 3.00. The zero-order chi connectivity index (χ0) is 16.1. The van der Waals surface area contributed by atoms with Crippen LogP contribution in [-0.4, -0.2) is 65.1 Å². The molecule has 1 unspecified atom stereocenters. The van der Waals surface area contributed by atoms with Crippen LogP contribution < -0.4 is 5.32 Å². The number of hydrogen-bond donors (Lipinski definition) is 2. The van der Waals surface area contributed by atoms with Gasteiger partial charge < -0.3 is 20.2 Å². The quantitative estimate of drug-likeness (QED) is 0.846. The van der Waals surface area contributed by atoms with Crippen molar-refractivity contribution in [1.29, 1.82) is 0 Å². The summed E-state index contributed by atoms with van der Waals surface area (Å²) in [5.41, 5.74) is 1.16. The zero-order valence-corrected chi connectivity index (χ0v) is 13.0. The first-order chi connectivity index (χ1) is 10.5. The molecule has 0 spiro atoms. The van der Waals surface area contributed by atoms with E-state index in [1.54, 1.807) is 37.3 Å². The molecule has 0 aromatic carbocycles. The molecule has 120 valence electrons. The Morgan fingerprint density at radius 1 is 1.50 bits per heavy atom. The summed E-state index contributed by atoms with van der Waals surface area (Å²) in [5.74, 6) is -0.0980. The van der Waals surface area contributed by atoms with E-state index in [1.807, 2.05) is 0 Å². The molecule has 2 heterocycles. The summed E-state index contributed by atoms with van der Waals surface area (Å²) in [6.45, 7) is 0.920. The summed E-state index contributed by atoms with van der Waals surface area (Å²) in [6, 6.07) is 3.04. The lowest BCUT2D eigenvalue weighted by molar-refractivity contribution is 0.0677. The van der Waals surface area contributed by atoms with Crippen molar-refractivity contribution in [1.82, 2.24) is 20.1 Å². The molecule has 22 heavy (non-hydrogen) atoms. The number of amides is 3. The number of aliphatic hydroxyl groups excluding tert-OH is 1. The molecule has 1 aliphatic rings. The summed E-state index contributed by atoms with van der Waals surface area (Å²) in [4.78, 5) is 31.3. The third kappa shape index (κ3) is 3.73. The molecule has 1 fully saturated rings. The second-order valence-corrected chi connectivity index (χ2v) is 5.57. The van der Waals surface area contributed by atoms with Crippen molar-refractivity contribution in [2.75, 3.05) is 27.2 Å². The summed E-state index contributed by atoms with van der Waals surface area (Å²) < 4.78 is 0. The van der Waals surface area contributed by atoms with Crippen LogP contribution in [0.25, 0.3) is 0 Å². The van der Waals surface area contributed by atoms with E-state index in [4.69, 9.17) is 0 Å². The molecule has 0 aliphatic carbocycles. The molecule has 1 saturated heterocycles. The molecular weight excluding hydrogens is 284 g/mol. The molecule has 0 radical (unpaired) electrons. The van der Waals surface area contributed by atoms with Crippen LogP contribution in [0.3, 0.4) is 0 Å². The molecule has 1 aromatic heterocycles. The van der Waals surface area contributed by atoms with Gasteiger partial charge in [-0.2, -0.15) is 0 Å². The van der Waals surface area contributed by atoms with Crippen molar-refractivity contribution in [3.8, 4) is 0 Å². The van der Waals surface area contributed by atoms with Gasteiger partial charge in [-0.3, -0.25) is 9.78 Å². The molecule has 3 amide bonds. The lowest BCUT2D eigenvalue weighted by atomic mass is 10.1. The Hall–Kier alpha value is -2.15. The first-order valence-corrected chi connectivity index (χ1v) is 7.35. The first-order valence-electron chi connectivity index (χ1n) is 7.35. The number of nitrogens with one attached hydrogen (secondary N) is 1. The van der Waals surface area contributed by atoms with Gasteiger partial charge >= 0.3 is 6.03 Å². The second kappa shape index (κ2) is 7.22. The standard InChI is InChI=1S/C15H22N4O3/c1-18(2)15(22)17-9-12-8-11(5-6-16-12)14(21)19-7-3-4-13(19)10-20/h5-6,8,13,20H,3-4,7,9-10H2,1-2H3,(H,17,22). The lowest BCUT2D eigenvalue weighted by Gasteiger charge is -2.23. The van der Waals surface area contributed by atoms with E-state index in [9.17, 15) is 14.7 Å². The Bertz CT molecular complexity index is 547. The molecule has 7 heteroatoms. The van der Waals surface area contributed by atoms with Crippen LogP contribution in [0.1, 0.15) is 28.9 Å². The molecule has 1 atom stereocenters. The molecule has 1 aliphatic heterocycles. The minimum atomic E-state index is -0.210. The second-order valence-electron chi connectivity index (χ2n) is 5.57. The Morgan fingerprint density at radius 2 is 2.27 bits per heavy atom. The third-order valence-electron chi connectivity index (χ3n) is 3.74. The Labute approximate surface area is 129 Å². The fourth-order valence-corrected chi connectivity index (χ4v) is 2.49. The van der Waals surface area contributed by atoms with Crippen LogP contribution in [-0.2, 0) is 6.54 Å². The largest absolute Gasteiger partial charge is 0.394 e. The number of carbonyl (C=O) groups is 2. The Kier molecular flexibility index (Phi) is 5.32.